The molecule has 0 saturated heterocycles. The summed E-state index contributed by atoms with van der Waals surface area (Å²) in [6.07, 6.45) is 6.07. The van der Waals surface area contributed by atoms with Gasteiger partial charge in [-0.3, -0.25) is 9.59 Å². The molecule has 0 spiro atoms. The zero-order chi connectivity index (χ0) is 21.8. The van der Waals surface area contributed by atoms with Crippen molar-refractivity contribution in [3.8, 4) is 0 Å². The lowest BCUT2D eigenvalue weighted by atomic mass is 9.66. The van der Waals surface area contributed by atoms with Gasteiger partial charge in [-0.05, 0) is 58.7 Å². The monoisotopic (exact) mass is 416 g/mol. The van der Waals surface area contributed by atoms with Crippen LogP contribution in [-0.4, -0.2) is 11.6 Å². The molecule has 3 aliphatic rings. The van der Waals surface area contributed by atoms with Crippen molar-refractivity contribution in [1.29, 1.82) is 0 Å². The average Bonchev–Trinajstić information content (AvgIpc) is 2.91. The van der Waals surface area contributed by atoms with Gasteiger partial charge >= 0.3 is 0 Å². The van der Waals surface area contributed by atoms with Crippen LogP contribution in [0.4, 0.5) is 0 Å². The maximum Gasteiger partial charge on any atom is 0.210 e. The van der Waals surface area contributed by atoms with Gasteiger partial charge in [0.2, 0.25) is 11.6 Å². The molecule has 0 N–H and O–H groups in total. The Bertz CT molecular complexity index is 1210. The van der Waals surface area contributed by atoms with E-state index in [1.807, 2.05) is 60.7 Å². The zero-order valence-corrected chi connectivity index (χ0v) is 18.0. The largest absolute Gasteiger partial charge is 0.290 e. The average molecular weight is 417 g/mol. The molecule has 3 aliphatic carbocycles. The fourth-order valence-corrected chi connectivity index (χ4v) is 6.01. The molecule has 32 heavy (non-hydrogen) atoms. The maximum absolute atomic E-state index is 13.8. The lowest BCUT2D eigenvalue weighted by Gasteiger charge is -2.37. The summed E-state index contributed by atoms with van der Waals surface area (Å²) in [5, 5.41) is 0. The van der Waals surface area contributed by atoms with E-state index in [1.165, 1.54) is 22.3 Å². The Hall–Kier alpha value is -3.52. The van der Waals surface area contributed by atoms with Crippen LogP contribution in [-0.2, 0) is 22.4 Å². The summed E-state index contributed by atoms with van der Waals surface area (Å²) in [5.41, 5.74) is 9.25. The molecule has 0 amide bonds. The van der Waals surface area contributed by atoms with E-state index >= 15 is 0 Å². The van der Waals surface area contributed by atoms with Crippen LogP contribution in [0.15, 0.2) is 96.1 Å². The zero-order valence-electron chi connectivity index (χ0n) is 18.0. The second kappa shape index (κ2) is 7.27. The Morgan fingerprint density at radius 1 is 0.625 bits per heavy atom. The van der Waals surface area contributed by atoms with Crippen molar-refractivity contribution < 1.29 is 9.59 Å². The third-order valence-corrected chi connectivity index (χ3v) is 7.27. The van der Waals surface area contributed by atoms with Gasteiger partial charge in [0.15, 0.2) is 0 Å². The minimum Gasteiger partial charge on any atom is -0.290 e. The second-order valence-corrected chi connectivity index (χ2v) is 9.16. The van der Waals surface area contributed by atoms with Crippen LogP contribution in [0.3, 0.4) is 0 Å². The van der Waals surface area contributed by atoms with Gasteiger partial charge in [-0.1, -0.05) is 90.5 Å². The van der Waals surface area contributed by atoms with E-state index < -0.39 is 11.8 Å². The minimum atomic E-state index is -0.522. The van der Waals surface area contributed by atoms with E-state index in [2.05, 4.69) is 31.2 Å². The number of hydrogen-bond donors (Lipinski definition) is 0. The standard InChI is InChI=1S/C30H24O2/c1-18-16-21-12-14-23-26(19-8-4-2-5-9-19)29(31)30(32)27(20-10-6-3-7-11-20)24-15-13-22(17-18)25(21)28(23)24/h2-11,14-17,26-28H,12-13H2,1H3. The quantitative estimate of drug-likeness (QED) is 0.393. The van der Waals surface area contributed by atoms with Crippen LogP contribution in [0.2, 0.25) is 0 Å². The first-order valence-electron chi connectivity index (χ1n) is 11.3. The maximum atomic E-state index is 13.8. The molecule has 156 valence electrons. The summed E-state index contributed by atoms with van der Waals surface area (Å²) in [5.74, 6) is -1.64. The Labute approximate surface area is 188 Å². The summed E-state index contributed by atoms with van der Waals surface area (Å²) >= 11 is 0. The molecular formula is C30H24O2. The van der Waals surface area contributed by atoms with Crippen molar-refractivity contribution in [2.24, 2.45) is 0 Å². The number of rotatable bonds is 2. The van der Waals surface area contributed by atoms with Gasteiger partial charge < -0.3 is 0 Å². The van der Waals surface area contributed by atoms with E-state index in [0.29, 0.717) is 0 Å². The lowest BCUT2D eigenvalue weighted by molar-refractivity contribution is -0.137. The molecule has 2 heteroatoms. The van der Waals surface area contributed by atoms with Crippen LogP contribution >= 0.6 is 0 Å². The number of hydrogen-bond acceptors (Lipinski definition) is 2. The highest BCUT2D eigenvalue weighted by Crippen LogP contribution is 2.54. The Kier molecular flexibility index (Phi) is 4.36. The number of Topliss-reactive ketones (excluding diaryl/α,β-unsaturated/α-hetero) is 2. The van der Waals surface area contributed by atoms with Gasteiger partial charge in [0.1, 0.15) is 0 Å². The van der Waals surface area contributed by atoms with Crippen molar-refractivity contribution in [2.75, 3.05) is 0 Å². The fourth-order valence-electron chi connectivity index (χ4n) is 6.01. The van der Waals surface area contributed by atoms with Gasteiger partial charge in [0, 0.05) is 5.92 Å². The molecule has 1 saturated carbocycles. The minimum absolute atomic E-state index is 0.0195. The van der Waals surface area contributed by atoms with Gasteiger partial charge in [-0.2, -0.15) is 0 Å². The van der Waals surface area contributed by atoms with Crippen LogP contribution in [0.25, 0.3) is 0 Å². The van der Waals surface area contributed by atoms with E-state index in [4.69, 9.17) is 0 Å². The molecular weight excluding hydrogens is 392 g/mol. The van der Waals surface area contributed by atoms with E-state index in [1.54, 1.807) is 0 Å². The fraction of sp³-hybridized carbons (Fsp3) is 0.200. The summed E-state index contributed by atoms with van der Waals surface area (Å²) in [6, 6.07) is 24.2. The first kappa shape index (κ1) is 19.2. The molecule has 3 aromatic rings. The molecule has 0 aromatic heterocycles. The summed E-state index contributed by atoms with van der Waals surface area (Å²) in [4.78, 5) is 27.6. The van der Waals surface area contributed by atoms with Crippen LogP contribution in [0, 0.1) is 6.92 Å². The molecule has 0 heterocycles. The van der Waals surface area contributed by atoms with Crippen LogP contribution in [0.1, 0.15) is 51.1 Å². The van der Waals surface area contributed by atoms with Crippen molar-refractivity contribution in [3.05, 3.63) is 129 Å². The number of carbonyl (C=O) groups excluding carboxylic acids is 2. The number of ketones is 2. The van der Waals surface area contributed by atoms with Crippen LogP contribution in [0.5, 0.6) is 0 Å². The number of allylic oxidation sites excluding steroid dienone is 4. The van der Waals surface area contributed by atoms with Gasteiger partial charge in [-0.15, -0.1) is 0 Å². The first-order valence-corrected chi connectivity index (χ1v) is 11.3. The smallest absolute Gasteiger partial charge is 0.210 e. The van der Waals surface area contributed by atoms with Gasteiger partial charge in [-0.25, -0.2) is 0 Å². The van der Waals surface area contributed by atoms with E-state index in [9.17, 15) is 9.59 Å². The van der Waals surface area contributed by atoms with Crippen molar-refractivity contribution in [3.63, 3.8) is 0 Å². The molecule has 2 unspecified atom stereocenters. The number of benzene rings is 3. The summed E-state index contributed by atoms with van der Waals surface area (Å²) in [6.45, 7) is 2.15. The molecule has 3 aromatic carbocycles. The third-order valence-electron chi connectivity index (χ3n) is 7.27. The molecule has 0 radical (unpaired) electrons. The lowest BCUT2D eigenvalue weighted by Crippen LogP contribution is -2.26. The van der Waals surface area contributed by atoms with E-state index in [0.717, 1.165) is 35.1 Å². The highest BCUT2D eigenvalue weighted by atomic mass is 16.2. The molecule has 0 bridgehead atoms. The normalized spacial score (nSPS) is 23.7. The molecule has 6 rings (SSSR count). The highest BCUT2D eigenvalue weighted by Gasteiger charge is 2.48. The van der Waals surface area contributed by atoms with Crippen molar-refractivity contribution in [2.45, 2.75) is 37.5 Å². The molecule has 2 nitrogen and oxygen atoms in total. The number of carbonyl (C=O) groups is 2. The Balaban J connectivity index is 1.63. The predicted octanol–water partition coefficient (Wildman–Crippen LogP) is 5.76. The Morgan fingerprint density at radius 3 is 1.50 bits per heavy atom. The topological polar surface area (TPSA) is 34.1 Å². The molecule has 0 aliphatic heterocycles. The first-order chi connectivity index (χ1) is 15.6. The Morgan fingerprint density at radius 2 is 1.06 bits per heavy atom. The highest BCUT2D eigenvalue weighted by molar-refractivity contribution is 6.43. The summed E-state index contributed by atoms with van der Waals surface area (Å²) in [7, 11) is 0. The van der Waals surface area contributed by atoms with Crippen molar-refractivity contribution in [1.82, 2.24) is 0 Å². The van der Waals surface area contributed by atoms with Crippen LogP contribution < -0.4 is 0 Å². The SMILES string of the molecule is Cc1cc2c3c(c1)CC=C1C(c4ccccc4)C(=O)C(=O)C(c4ccccc4)C(=CC2)C13. The third kappa shape index (κ3) is 2.79. The van der Waals surface area contributed by atoms with E-state index in [-0.39, 0.29) is 17.5 Å². The molecule has 2 atom stereocenters. The summed E-state index contributed by atoms with van der Waals surface area (Å²) < 4.78 is 0. The predicted molar refractivity (Wildman–Crippen MR) is 126 cm³/mol. The molecule has 1 fully saturated rings. The van der Waals surface area contributed by atoms with Crippen molar-refractivity contribution >= 4 is 11.6 Å². The van der Waals surface area contributed by atoms with Gasteiger partial charge in [0.25, 0.3) is 0 Å². The van der Waals surface area contributed by atoms with Gasteiger partial charge in [0.05, 0.1) is 11.8 Å². The second-order valence-electron chi connectivity index (χ2n) is 9.16. The number of aryl methyl sites for hydroxylation is 1.